The molecule has 2 unspecified atom stereocenters. The minimum atomic E-state index is -0.522. The van der Waals surface area contributed by atoms with Gasteiger partial charge in [-0.05, 0) is 33.6 Å². The summed E-state index contributed by atoms with van der Waals surface area (Å²) in [4.78, 5) is 4.22. The van der Waals surface area contributed by atoms with Crippen LogP contribution in [-0.2, 0) is 11.2 Å². The molecule has 2 atom stereocenters. The minimum absolute atomic E-state index is 0.261. The van der Waals surface area contributed by atoms with Crippen LogP contribution in [-0.4, -0.2) is 38.2 Å². The van der Waals surface area contributed by atoms with Crippen LogP contribution in [0.2, 0.25) is 0 Å². The number of hydrogen-bond donors (Lipinski definition) is 1. The highest BCUT2D eigenvalue weighted by atomic mass is 16.5. The maximum Gasteiger partial charge on any atom is 0.138 e. The van der Waals surface area contributed by atoms with Gasteiger partial charge in [-0.1, -0.05) is 0 Å². The van der Waals surface area contributed by atoms with E-state index < -0.39 is 11.7 Å². The molecule has 1 aliphatic heterocycles. The zero-order chi connectivity index (χ0) is 12.5. The maximum absolute atomic E-state index is 10.3. The van der Waals surface area contributed by atoms with E-state index in [1.54, 1.807) is 6.33 Å². The number of rotatable bonds is 4. The molecule has 1 N–H and O–H groups in total. The fraction of sp³-hybridized carbons (Fsp3) is 0.833. The van der Waals surface area contributed by atoms with Gasteiger partial charge in [0.15, 0.2) is 0 Å². The summed E-state index contributed by atoms with van der Waals surface area (Å²) >= 11 is 0. The molecule has 1 fully saturated rings. The Balaban J connectivity index is 2.07. The largest absolute Gasteiger partial charge is 0.390 e. The normalized spacial score (nSPS) is 26.6. The summed E-state index contributed by atoms with van der Waals surface area (Å²) in [5.74, 6) is 0.823. The lowest BCUT2D eigenvalue weighted by Crippen LogP contribution is -2.40. The van der Waals surface area contributed by atoms with Crippen molar-refractivity contribution in [2.45, 2.75) is 57.8 Å². The molecule has 2 rings (SSSR count). The van der Waals surface area contributed by atoms with Gasteiger partial charge in [0, 0.05) is 19.1 Å². The Morgan fingerprint density at radius 3 is 2.94 bits per heavy atom. The summed E-state index contributed by atoms with van der Waals surface area (Å²) in [6.45, 7) is 6.82. The van der Waals surface area contributed by atoms with Crippen molar-refractivity contribution in [1.82, 2.24) is 14.8 Å². The smallest absolute Gasteiger partial charge is 0.138 e. The quantitative estimate of drug-likeness (QED) is 0.861. The Morgan fingerprint density at radius 1 is 1.59 bits per heavy atom. The van der Waals surface area contributed by atoms with Crippen LogP contribution in [0.4, 0.5) is 0 Å². The summed E-state index contributed by atoms with van der Waals surface area (Å²) in [5, 5.41) is 14.5. The molecule has 0 spiro atoms. The standard InChI is InChI=1S/C12H21N3O2/c1-9(2)15-11(13-8-14-15)7-10(16)12(3)5-4-6-17-12/h8-10,16H,4-7H2,1-3H3. The van der Waals surface area contributed by atoms with Crippen LogP contribution in [0.25, 0.3) is 0 Å². The molecule has 1 aliphatic rings. The average Bonchev–Trinajstić information content (AvgIpc) is 2.87. The van der Waals surface area contributed by atoms with E-state index >= 15 is 0 Å². The van der Waals surface area contributed by atoms with Crippen LogP contribution >= 0.6 is 0 Å². The lowest BCUT2D eigenvalue weighted by molar-refractivity contribution is -0.0778. The first kappa shape index (κ1) is 12.5. The second kappa shape index (κ2) is 4.74. The summed E-state index contributed by atoms with van der Waals surface area (Å²) in [6, 6.07) is 0.261. The second-order valence-electron chi connectivity index (χ2n) is 5.20. The van der Waals surface area contributed by atoms with Gasteiger partial charge in [0.05, 0.1) is 11.7 Å². The summed E-state index contributed by atoms with van der Waals surface area (Å²) in [7, 11) is 0. The molecule has 5 heteroatoms. The van der Waals surface area contributed by atoms with Crippen LogP contribution in [0, 0.1) is 0 Å². The van der Waals surface area contributed by atoms with E-state index in [0.29, 0.717) is 6.42 Å². The molecule has 0 aliphatic carbocycles. The van der Waals surface area contributed by atoms with E-state index in [1.165, 1.54) is 0 Å². The van der Waals surface area contributed by atoms with Crippen molar-refractivity contribution in [3.05, 3.63) is 12.2 Å². The molecule has 0 saturated carbocycles. The van der Waals surface area contributed by atoms with Crippen molar-refractivity contribution in [2.75, 3.05) is 6.61 Å². The first-order valence-corrected chi connectivity index (χ1v) is 6.23. The predicted octanol–water partition coefficient (Wildman–Crippen LogP) is 1.33. The molecule has 1 aromatic heterocycles. The van der Waals surface area contributed by atoms with Crippen molar-refractivity contribution in [3.63, 3.8) is 0 Å². The zero-order valence-corrected chi connectivity index (χ0v) is 10.8. The van der Waals surface area contributed by atoms with E-state index in [4.69, 9.17) is 4.74 Å². The molecule has 5 nitrogen and oxygen atoms in total. The highest BCUT2D eigenvalue weighted by molar-refractivity contribution is 4.96. The Bertz CT molecular complexity index is 370. The molecule has 0 amide bonds. The van der Waals surface area contributed by atoms with Crippen LogP contribution in [0.15, 0.2) is 6.33 Å². The third-order valence-corrected chi connectivity index (χ3v) is 3.47. The molecule has 2 heterocycles. The van der Waals surface area contributed by atoms with Gasteiger partial charge >= 0.3 is 0 Å². The first-order valence-electron chi connectivity index (χ1n) is 6.23. The Labute approximate surface area is 102 Å². The molecular formula is C12H21N3O2. The van der Waals surface area contributed by atoms with Crippen LogP contribution in [0.5, 0.6) is 0 Å². The maximum atomic E-state index is 10.3. The van der Waals surface area contributed by atoms with E-state index in [2.05, 4.69) is 23.9 Å². The van der Waals surface area contributed by atoms with Crippen LogP contribution < -0.4 is 0 Å². The summed E-state index contributed by atoms with van der Waals surface area (Å²) < 4.78 is 7.49. The fourth-order valence-corrected chi connectivity index (χ4v) is 2.30. The third-order valence-electron chi connectivity index (χ3n) is 3.47. The molecule has 1 aromatic rings. The van der Waals surface area contributed by atoms with Crippen LogP contribution in [0.3, 0.4) is 0 Å². The summed E-state index contributed by atoms with van der Waals surface area (Å²) in [5.41, 5.74) is -0.423. The Morgan fingerprint density at radius 2 is 2.35 bits per heavy atom. The number of hydrogen-bond acceptors (Lipinski definition) is 4. The lowest BCUT2D eigenvalue weighted by Gasteiger charge is -2.29. The van der Waals surface area contributed by atoms with Gasteiger partial charge in [0.2, 0.25) is 0 Å². The highest BCUT2D eigenvalue weighted by Crippen LogP contribution is 2.30. The van der Waals surface area contributed by atoms with Gasteiger partial charge in [0.1, 0.15) is 12.2 Å². The van der Waals surface area contributed by atoms with Gasteiger partial charge in [-0.2, -0.15) is 5.10 Å². The molecule has 96 valence electrons. The third kappa shape index (κ3) is 2.50. The number of aliphatic hydroxyl groups is 1. The van der Waals surface area contributed by atoms with Crippen molar-refractivity contribution in [2.24, 2.45) is 0 Å². The molecule has 17 heavy (non-hydrogen) atoms. The van der Waals surface area contributed by atoms with Gasteiger partial charge in [-0.25, -0.2) is 9.67 Å². The number of nitrogens with zero attached hydrogens (tertiary/aromatic N) is 3. The van der Waals surface area contributed by atoms with E-state index in [-0.39, 0.29) is 6.04 Å². The van der Waals surface area contributed by atoms with Crippen LogP contribution in [0.1, 0.15) is 45.5 Å². The molecule has 1 saturated heterocycles. The number of aliphatic hydroxyl groups excluding tert-OH is 1. The predicted molar refractivity (Wildman–Crippen MR) is 63.7 cm³/mol. The van der Waals surface area contributed by atoms with Crippen molar-refractivity contribution in [1.29, 1.82) is 0 Å². The van der Waals surface area contributed by atoms with E-state index in [1.807, 2.05) is 11.6 Å². The monoisotopic (exact) mass is 239 g/mol. The highest BCUT2D eigenvalue weighted by Gasteiger charge is 2.38. The van der Waals surface area contributed by atoms with Gasteiger partial charge < -0.3 is 9.84 Å². The SMILES string of the molecule is CC(C)n1ncnc1CC(O)C1(C)CCCO1. The number of aromatic nitrogens is 3. The van der Waals surface area contributed by atoms with Gasteiger partial charge in [-0.3, -0.25) is 0 Å². The fourth-order valence-electron chi connectivity index (χ4n) is 2.30. The molecule has 0 bridgehead atoms. The van der Waals surface area contributed by atoms with Crippen molar-refractivity contribution >= 4 is 0 Å². The Hall–Kier alpha value is -0.940. The van der Waals surface area contributed by atoms with Gasteiger partial charge in [0.25, 0.3) is 0 Å². The first-order chi connectivity index (χ1) is 8.03. The van der Waals surface area contributed by atoms with E-state index in [9.17, 15) is 5.11 Å². The molecule has 0 radical (unpaired) electrons. The van der Waals surface area contributed by atoms with Crippen molar-refractivity contribution in [3.8, 4) is 0 Å². The second-order valence-corrected chi connectivity index (χ2v) is 5.20. The van der Waals surface area contributed by atoms with Gasteiger partial charge in [-0.15, -0.1) is 0 Å². The molecule has 0 aromatic carbocycles. The Kier molecular flexibility index (Phi) is 3.49. The topological polar surface area (TPSA) is 60.2 Å². The molecular weight excluding hydrogens is 218 g/mol. The minimum Gasteiger partial charge on any atom is -0.390 e. The van der Waals surface area contributed by atoms with Crippen molar-refractivity contribution < 1.29 is 9.84 Å². The number of ether oxygens (including phenoxy) is 1. The zero-order valence-electron chi connectivity index (χ0n) is 10.8. The average molecular weight is 239 g/mol. The summed E-state index contributed by atoms with van der Waals surface area (Å²) in [6.07, 6.45) is 3.44. The lowest BCUT2D eigenvalue weighted by atomic mass is 9.93. The van der Waals surface area contributed by atoms with E-state index in [0.717, 1.165) is 25.3 Å².